The topological polar surface area (TPSA) is 54.7 Å². The van der Waals surface area contributed by atoms with Gasteiger partial charge in [0.15, 0.2) is 0 Å². The molecule has 0 aliphatic carbocycles. The van der Waals surface area contributed by atoms with Crippen molar-refractivity contribution in [2.24, 2.45) is 0 Å². The molecule has 0 saturated heterocycles. The van der Waals surface area contributed by atoms with Gasteiger partial charge in [-0.1, -0.05) is 15.9 Å². The van der Waals surface area contributed by atoms with Gasteiger partial charge in [0.05, 0.1) is 16.9 Å². The number of benzene rings is 3. The van der Waals surface area contributed by atoms with Crippen LogP contribution in [0.15, 0.2) is 71.2 Å². The van der Waals surface area contributed by atoms with Crippen molar-refractivity contribution >= 4 is 27.6 Å². The molecule has 1 N–H and O–H groups in total. The lowest BCUT2D eigenvalue weighted by atomic mass is 10.1. The quantitative estimate of drug-likeness (QED) is 0.279. The fourth-order valence-corrected chi connectivity index (χ4v) is 4.22. The van der Waals surface area contributed by atoms with E-state index in [1.54, 1.807) is 24.3 Å². The molecule has 35 heavy (non-hydrogen) atoms. The summed E-state index contributed by atoms with van der Waals surface area (Å²) in [6, 6.07) is 17.8. The van der Waals surface area contributed by atoms with E-state index in [2.05, 4.69) is 15.9 Å². The molecule has 1 aromatic heterocycles. The first-order chi connectivity index (χ1) is 16.7. The third kappa shape index (κ3) is 5.07. The number of anilines is 1. The van der Waals surface area contributed by atoms with Gasteiger partial charge >= 0.3 is 5.97 Å². The summed E-state index contributed by atoms with van der Waals surface area (Å²) in [6.07, 6.45) is 0. The Labute approximate surface area is 210 Å². The molecule has 0 radical (unpaired) electrons. The molecule has 4 aromatic rings. The monoisotopic (exact) mass is 540 g/mol. The minimum Gasteiger partial charge on any atom is -0.488 e. The van der Waals surface area contributed by atoms with E-state index in [4.69, 9.17) is 4.74 Å². The normalized spacial score (nSPS) is 10.9. The highest BCUT2D eigenvalue weighted by Gasteiger charge is 2.20. The van der Waals surface area contributed by atoms with E-state index in [9.17, 15) is 18.7 Å². The Balaban J connectivity index is 1.81. The zero-order chi connectivity index (χ0) is 25.3. The van der Waals surface area contributed by atoms with Crippen molar-refractivity contribution in [1.82, 2.24) is 4.57 Å². The molecule has 0 aliphatic rings. The average molecular weight is 541 g/mol. The van der Waals surface area contributed by atoms with Crippen molar-refractivity contribution in [2.75, 3.05) is 19.0 Å². The van der Waals surface area contributed by atoms with Gasteiger partial charge in [0.2, 0.25) is 0 Å². The van der Waals surface area contributed by atoms with Crippen LogP contribution >= 0.6 is 15.9 Å². The minimum absolute atomic E-state index is 0.0989. The zero-order valence-electron chi connectivity index (χ0n) is 19.3. The van der Waals surface area contributed by atoms with Gasteiger partial charge in [-0.15, -0.1) is 0 Å². The van der Waals surface area contributed by atoms with E-state index in [0.29, 0.717) is 22.7 Å². The maximum atomic E-state index is 14.1. The fourth-order valence-electron chi connectivity index (χ4n) is 3.86. The van der Waals surface area contributed by atoms with Crippen LogP contribution in [0.1, 0.15) is 21.6 Å². The number of carboxylic acids is 1. The summed E-state index contributed by atoms with van der Waals surface area (Å²) in [5.41, 5.74) is 3.88. The molecule has 0 spiro atoms. The Morgan fingerprint density at radius 1 is 1.03 bits per heavy atom. The number of carbonyl (C=O) groups is 1. The molecule has 0 saturated carbocycles. The maximum absolute atomic E-state index is 14.1. The SMILES string of the molecule is Cc1ccc(-c2cc(Br)ccc2OCc2ccc(F)cc2F)n1-c1ccc(N(C)C)cc1C(=O)O. The summed E-state index contributed by atoms with van der Waals surface area (Å²) in [6.45, 7) is 1.79. The third-order valence-corrected chi connectivity index (χ3v) is 6.15. The van der Waals surface area contributed by atoms with E-state index in [0.717, 1.165) is 21.9 Å². The molecule has 0 amide bonds. The van der Waals surface area contributed by atoms with Crippen LogP contribution in [0.3, 0.4) is 0 Å². The van der Waals surface area contributed by atoms with Gasteiger partial charge in [0, 0.05) is 47.1 Å². The van der Waals surface area contributed by atoms with E-state index >= 15 is 0 Å². The summed E-state index contributed by atoms with van der Waals surface area (Å²) < 4.78 is 36.0. The Morgan fingerprint density at radius 3 is 2.49 bits per heavy atom. The lowest BCUT2D eigenvalue weighted by Crippen LogP contribution is -2.13. The van der Waals surface area contributed by atoms with Crippen molar-refractivity contribution in [1.29, 1.82) is 0 Å². The van der Waals surface area contributed by atoms with Crippen molar-refractivity contribution in [3.8, 4) is 22.7 Å². The molecule has 0 fully saturated rings. The number of hydrogen-bond acceptors (Lipinski definition) is 3. The number of aryl methyl sites for hydroxylation is 1. The minimum atomic E-state index is -1.04. The number of halogens is 3. The largest absolute Gasteiger partial charge is 0.488 e. The van der Waals surface area contributed by atoms with Crippen LogP contribution in [0.2, 0.25) is 0 Å². The van der Waals surface area contributed by atoms with Gasteiger partial charge in [-0.05, 0) is 67.6 Å². The highest BCUT2D eigenvalue weighted by Crippen LogP contribution is 2.37. The third-order valence-electron chi connectivity index (χ3n) is 5.66. The molecule has 0 atom stereocenters. The van der Waals surface area contributed by atoms with Gasteiger partial charge in [-0.3, -0.25) is 0 Å². The number of carboxylic acid groups (broad SMARTS) is 1. The Kier molecular flexibility index (Phi) is 6.93. The molecular formula is C27H23BrF2N2O3. The second-order valence-electron chi connectivity index (χ2n) is 8.26. The molecule has 5 nitrogen and oxygen atoms in total. The number of ether oxygens (including phenoxy) is 1. The predicted molar refractivity (Wildman–Crippen MR) is 136 cm³/mol. The van der Waals surface area contributed by atoms with Crippen molar-refractivity contribution in [3.05, 3.63) is 99.7 Å². The molecule has 0 bridgehead atoms. The van der Waals surface area contributed by atoms with E-state index < -0.39 is 17.6 Å². The van der Waals surface area contributed by atoms with Crippen LogP contribution in [-0.4, -0.2) is 29.7 Å². The molecule has 8 heteroatoms. The Morgan fingerprint density at radius 2 is 1.80 bits per heavy atom. The number of aromatic carboxylic acids is 1. The van der Waals surface area contributed by atoms with Crippen LogP contribution in [0.5, 0.6) is 5.75 Å². The number of nitrogens with zero attached hydrogens (tertiary/aromatic N) is 2. The summed E-state index contributed by atoms with van der Waals surface area (Å²) in [5.74, 6) is -1.91. The van der Waals surface area contributed by atoms with Gasteiger partial charge in [-0.25, -0.2) is 13.6 Å². The lowest BCUT2D eigenvalue weighted by Gasteiger charge is -2.20. The zero-order valence-corrected chi connectivity index (χ0v) is 20.9. The molecule has 0 unspecified atom stereocenters. The second kappa shape index (κ2) is 9.92. The van der Waals surface area contributed by atoms with E-state index in [1.165, 1.54) is 12.1 Å². The highest BCUT2D eigenvalue weighted by molar-refractivity contribution is 9.10. The van der Waals surface area contributed by atoms with Crippen LogP contribution < -0.4 is 9.64 Å². The summed E-state index contributed by atoms with van der Waals surface area (Å²) in [4.78, 5) is 14.0. The number of hydrogen-bond donors (Lipinski definition) is 1. The Hall–Kier alpha value is -3.65. The van der Waals surface area contributed by atoms with Crippen LogP contribution in [0.25, 0.3) is 16.9 Å². The molecular weight excluding hydrogens is 518 g/mol. The van der Waals surface area contributed by atoms with Crippen molar-refractivity contribution in [3.63, 3.8) is 0 Å². The van der Waals surface area contributed by atoms with Crippen LogP contribution in [-0.2, 0) is 6.61 Å². The summed E-state index contributed by atoms with van der Waals surface area (Å²) in [7, 11) is 3.70. The molecule has 3 aromatic carbocycles. The van der Waals surface area contributed by atoms with Gasteiger partial charge < -0.3 is 19.3 Å². The lowest BCUT2D eigenvalue weighted by molar-refractivity contribution is 0.0697. The molecule has 4 rings (SSSR count). The van der Waals surface area contributed by atoms with Crippen LogP contribution in [0, 0.1) is 18.6 Å². The van der Waals surface area contributed by atoms with E-state index in [1.807, 2.05) is 54.8 Å². The Bertz CT molecular complexity index is 1420. The first kappa shape index (κ1) is 24.5. The standard InChI is InChI=1S/C27H23BrF2N2O3/c1-16-4-9-24(32(16)25-10-8-20(31(2)3)14-22(25)27(33)34)21-12-18(28)6-11-26(21)35-15-17-5-7-19(29)13-23(17)30/h4-14H,15H2,1-3H3,(H,33,34). The number of rotatable bonds is 7. The van der Waals surface area contributed by atoms with Crippen molar-refractivity contribution < 1.29 is 23.4 Å². The van der Waals surface area contributed by atoms with Gasteiger partial charge in [0.1, 0.15) is 24.0 Å². The van der Waals surface area contributed by atoms with Crippen LogP contribution in [0.4, 0.5) is 14.5 Å². The summed E-state index contributed by atoms with van der Waals surface area (Å²) in [5, 5.41) is 9.95. The number of aromatic nitrogens is 1. The molecule has 180 valence electrons. The first-order valence-corrected chi connectivity index (χ1v) is 11.5. The smallest absolute Gasteiger partial charge is 0.337 e. The highest BCUT2D eigenvalue weighted by atomic mass is 79.9. The molecule has 0 aliphatic heterocycles. The second-order valence-corrected chi connectivity index (χ2v) is 9.18. The summed E-state index contributed by atoms with van der Waals surface area (Å²) >= 11 is 3.49. The van der Waals surface area contributed by atoms with E-state index in [-0.39, 0.29) is 17.7 Å². The maximum Gasteiger partial charge on any atom is 0.337 e. The predicted octanol–water partition coefficient (Wildman–Crippen LogP) is 6.84. The van der Waals surface area contributed by atoms with Crippen molar-refractivity contribution in [2.45, 2.75) is 13.5 Å². The first-order valence-electron chi connectivity index (χ1n) is 10.8. The van der Waals surface area contributed by atoms with Gasteiger partial charge in [-0.2, -0.15) is 0 Å². The average Bonchev–Trinajstić information content (AvgIpc) is 3.19. The fraction of sp³-hybridized carbons (Fsp3) is 0.148. The van der Waals surface area contributed by atoms with Gasteiger partial charge in [0.25, 0.3) is 0 Å². The molecule has 1 heterocycles.